The summed E-state index contributed by atoms with van der Waals surface area (Å²) in [5.41, 5.74) is 2.51. The van der Waals surface area contributed by atoms with E-state index in [0.717, 1.165) is 30.6 Å². The standard InChI is InChI=1S/C18H23N3O/c1-3-6-15(4-2)21-18(22)14-7-5-8-17(13-14)20-16-9-11-19-12-10-16/h5,7-13,15H,3-4,6H2,1-2H3,(H,19,20)(H,21,22). The van der Waals surface area contributed by atoms with Gasteiger partial charge in [0.2, 0.25) is 0 Å². The Morgan fingerprint density at radius 3 is 2.59 bits per heavy atom. The van der Waals surface area contributed by atoms with E-state index in [0.29, 0.717) is 5.56 Å². The van der Waals surface area contributed by atoms with Crippen LogP contribution in [0.25, 0.3) is 0 Å². The second-order valence-corrected chi connectivity index (χ2v) is 5.31. The lowest BCUT2D eigenvalue weighted by Crippen LogP contribution is -2.34. The summed E-state index contributed by atoms with van der Waals surface area (Å²) in [6.07, 6.45) is 6.50. The summed E-state index contributed by atoms with van der Waals surface area (Å²) in [5, 5.41) is 6.37. The van der Waals surface area contributed by atoms with Crippen LogP contribution >= 0.6 is 0 Å². The number of carbonyl (C=O) groups excluding carboxylic acids is 1. The number of benzene rings is 1. The van der Waals surface area contributed by atoms with Gasteiger partial charge in [-0.05, 0) is 43.2 Å². The molecule has 1 unspecified atom stereocenters. The van der Waals surface area contributed by atoms with Crippen molar-refractivity contribution < 1.29 is 4.79 Å². The van der Waals surface area contributed by atoms with Gasteiger partial charge in [-0.25, -0.2) is 0 Å². The molecule has 1 amide bonds. The third-order valence-corrected chi connectivity index (χ3v) is 3.56. The van der Waals surface area contributed by atoms with Crippen LogP contribution in [0.3, 0.4) is 0 Å². The fraction of sp³-hybridized carbons (Fsp3) is 0.333. The Labute approximate surface area is 132 Å². The van der Waals surface area contributed by atoms with E-state index in [1.807, 2.05) is 36.4 Å². The Morgan fingerprint density at radius 2 is 1.91 bits per heavy atom. The highest BCUT2D eigenvalue weighted by atomic mass is 16.1. The molecule has 0 aliphatic heterocycles. The molecular formula is C18H23N3O. The van der Waals surface area contributed by atoms with Gasteiger partial charge in [0.1, 0.15) is 0 Å². The van der Waals surface area contributed by atoms with Crippen LogP contribution in [0, 0.1) is 0 Å². The van der Waals surface area contributed by atoms with Crippen molar-refractivity contribution in [3.8, 4) is 0 Å². The lowest BCUT2D eigenvalue weighted by Gasteiger charge is -2.16. The minimum Gasteiger partial charge on any atom is -0.355 e. The van der Waals surface area contributed by atoms with Crippen molar-refractivity contribution in [1.29, 1.82) is 0 Å². The molecule has 22 heavy (non-hydrogen) atoms. The number of aromatic nitrogens is 1. The Hall–Kier alpha value is -2.36. The highest BCUT2D eigenvalue weighted by Crippen LogP contribution is 2.17. The molecule has 116 valence electrons. The second kappa shape index (κ2) is 8.17. The Kier molecular flexibility index (Phi) is 5.95. The lowest BCUT2D eigenvalue weighted by molar-refractivity contribution is 0.0934. The van der Waals surface area contributed by atoms with Gasteiger partial charge in [-0.1, -0.05) is 26.3 Å². The zero-order valence-corrected chi connectivity index (χ0v) is 13.2. The van der Waals surface area contributed by atoms with Gasteiger partial charge in [0.15, 0.2) is 0 Å². The van der Waals surface area contributed by atoms with Crippen LogP contribution in [-0.4, -0.2) is 16.9 Å². The minimum absolute atomic E-state index is 0.0151. The van der Waals surface area contributed by atoms with Crippen LogP contribution in [0.5, 0.6) is 0 Å². The number of pyridine rings is 1. The molecule has 0 aliphatic rings. The van der Waals surface area contributed by atoms with E-state index in [1.54, 1.807) is 12.4 Å². The third-order valence-electron chi connectivity index (χ3n) is 3.56. The molecule has 1 atom stereocenters. The van der Waals surface area contributed by atoms with Gasteiger partial charge in [0.05, 0.1) is 0 Å². The third kappa shape index (κ3) is 4.58. The van der Waals surface area contributed by atoms with E-state index in [2.05, 4.69) is 29.5 Å². The molecule has 1 heterocycles. The molecule has 4 nitrogen and oxygen atoms in total. The van der Waals surface area contributed by atoms with Crippen LogP contribution in [0.15, 0.2) is 48.8 Å². The fourth-order valence-corrected chi connectivity index (χ4v) is 2.34. The number of rotatable bonds is 7. The van der Waals surface area contributed by atoms with Crippen molar-refractivity contribution in [3.63, 3.8) is 0 Å². The van der Waals surface area contributed by atoms with Gasteiger partial charge in [0.25, 0.3) is 5.91 Å². The van der Waals surface area contributed by atoms with Crippen LogP contribution in [0.2, 0.25) is 0 Å². The SMILES string of the molecule is CCCC(CC)NC(=O)c1cccc(Nc2ccncc2)c1. The second-order valence-electron chi connectivity index (χ2n) is 5.31. The van der Waals surface area contributed by atoms with E-state index < -0.39 is 0 Å². The molecule has 2 rings (SSSR count). The molecule has 0 spiro atoms. The van der Waals surface area contributed by atoms with Crippen molar-refractivity contribution in [1.82, 2.24) is 10.3 Å². The number of hydrogen-bond donors (Lipinski definition) is 2. The number of anilines is 2. The summed E-state index contributed by atoms with van der Waals surface area (Å²) in [6.45, 7) is 4.23. The van der Waals surface area contributed by atoms with Crippen molar-refractivity contribution in [2.45, 2.75) is 39.2 Å². The van der Waals surface area contributed by atoms with E-state index in [1.165, 1.54) is 0 Å². The summed E-state index contributed by atoms with van der Waals surface area (Å²) in [4.78, 5) is 16.3. The smallest absolute Gasteiger partial charge is 0.251 e. The monoisotopic (exact) mass is 297 g/mol. The van der Waals surface area contributed by atoms with E-state index in [-0.39, 0.29) is 11.9 Å². The maximum absolute atomic E-state index is 12.3. The van der Waals surface area contributed by atoms with Gasteiger partial charge in [0, 0.05) is 35.4 Å². The van der Waals surface area contributed by atoms with Crippen molar-refractivity contribution >= 4 is 17.3 Å². The summed E-state index contributed by atoms with van der Waals surface area (Å²) in [6, 6.07) is 11.6. The molecule has 1 aromatic carbocycles. The molecule has 0 fully saturated rings. The molecule has 0 saturated heterocycles. The quantitative estimate of drug-likeness (QED) is 0.807. The van der Waals surface area contributed by atoms with Gasteiger partial charge in [-0.3, -0.25) is 9.78 Å². The summed E-state index contributed by atoms with van der Waals surface area (Å²) in [7, 11) is 0. The molecule has 0 radical (unpaired) electrons. The first kappa shape index (κ1) is 16.0. The first-order chi connectivity index (χ1) is 10.7. The summed E-state index contributed by atoms with van der Waals surface area (Å²) < 4.78 is 0. The topological polar surface area (TPSA) is 54.0 Å². The molecule has 0 saturated carbocycles. The summed E-state index contributed by atoms with van der Waals surface area (Å²) >= 11 is 0. The molecule has 2 N–H and O–H groups in total. The Morgan fingerprint density at radius 1 is 1.14 bits per heavy atom. The Balaban J connectivity index is 2.06. The van der Waals surface area contributed by atoms with E-state index in [9.17, 15) is 4.79 Å². The average molecular weight is 297 g/mol. The normalized spacial score (nSPS) is 11.7. The first-order valence-electron chi connectivity index (χ1n) is 7.81. The molecule has 4 heteroatoms. The van der Waals surface area contributed by atoms with E-state index >= 15 is 0 Å². The van der Waals surface area contributed by atoms with E-state index in [4.69, 9.17) is 0 Å². The number of carbonyl (C=O) groups is 1. The van der Waals surface area contributed by atoms with Crippen LogP contribution in [0.4, 0.5) is 11.4 Å². The van der Waals surface area contributed by atoms with Crippen LogP contribution < -0.4 is 10.6 Å². The van der Waals surface area contributed by atoms with Crippen molar-refractivity contribution in [2.75, 3.05) is 5.32 Å². The average Bonchev–Trinajstić information content (AvgIpc) is 2.55. The van der Waals surface area contributed by atoms with Crippen molar-refractivity contribution in [3.05, 3.63) is 54.4 Å². The molecule has 1 aromatic heterocycles. The van der Waals surface area contributed by atoms with Gasteiger partial charge in [-0.15, -0.1) is 0 Å². The number of nitrogens with one attached hydrogen (secondary N) is 2. The molecule has 0 aliphatic carbocycles. The maximum Gasteiger partial charge on any atom is 0.251 e. The predicted octanol–water partition coefficient (Wildman–Crippen LogP) is 4.13. The number of amides is 1. The minimum atomic E-state index is -0.0151. The molecule has 2 aromatic rings. The molecular weight excluding hydrogens is 274 g/mol. The van der Waals surface area contributed by atoms with Crippen LogP contribution in [0.1, 0.15) is 43.5 Å². The largest absolute Gasteiger partial charge is 0.355 e. The first-order valence-corrected chi connectivity index (χ1v) is 7.81. The van der Waals surface area contributed by atoms with Gasteiger partial charge in [-0.2, -0.15) is 0 Å². The lowest BCUT2D eigenvalue weighted by atomic mass is 10.1. The summed E-state index contributed by atoms with van der Waals surface area (Å²) in [5.74, 6) is -0.0151. The highest BCUT2D eigenvalue weighted by Gasteiger charge is 2.11. The fourth-order valence-electron chi connectivity index (χ4n) is 2.34. The zero-order valence-electron chi connectivity index (χ0n) is 13.2. The number of hydrogen-bond acceptors (Lipinski definition) is 3. The van der Waals surface area contributed by atoms with Gasteiger partial charge < -0.3 is 10.6 Å². The Bertz CT molecular complexity index is 598. The van der Waals surface area contributed by atoms with Crippen LogP contribution in [-0.2, 0) is 0 Å². The predicted molar refractivity (Wildman–Crippen MR) is 90.4 cm³/mol. The van der Waals surface area contributed by atoms with Crippen molar-refractivity contribution in [2.24, 2.45) is 0 Å². The molecule has 0 bridgehead atoms. The highest BCUT2D eigenvalue weighted by molar-refractivity contribution is 5.95. The maximum atomic E-state index is 12.3. The van der Waals surface area contributed by atoms with Gasteiger partial charge >= 0.3 is 0 Å². The number of nitrogens with zero attached hydrogens (tertiary/aromatic N) is 1. The zero-order chi connectivity index (χ0) is 15.8.